The summed E-state index contributed by atoms with van der Waals surface area (Å²) in [4.78, 5) is 15.0. The molecule has 0 atom stereocenters. The van der Waals surface area contributed by atoms with Gasteiger partial charge in [-0.2, -0.15) is 18.3 Å². The number of halogens is 3. The number of aryl methyl sites for hydroxylation is 1. The fraction of sp³-hybridized carbons (Fsp3) is 0.286. The normalized spacial score (nSPS) is 11.4. The first-order chi connectivity index (χ1) is 14.3. The molecule has 0 bridgehead atoms. The van der Waals surface area contributed by atoms with Crippen LogP contribution in [0.4, 0.5) is 13.2 Å². The van der Waals surface area contributed by atoms with E-state index in [0.717, 1.165) is 29.9 Å². The highest BCUT2D eigenvalue weighted by Crippen LogP contribution is 2.29. The zero-order valence-electron chi connectivity index (χ0n) is 16.4. The smallest absolute Gasteiger partial charge is 0.417 e. The summed E-state index contributed by atoms with van der Waals surface area (Å²) in [6.45, 7) is 3.51. The highest BCUT2D eigenvalue weighted by Gasteiger charge is 2.30. The summed E-state index contributed by atoms with van der Waals surface area (Å²) < 4.78 is 50.5. The number of hydrogen-bond donors (Lipinski definition) is 0. The molecule has 0 saturated heterocycles. The van der Waals surface area contributed by atoms with Crippen molar-refractivity contribution in [2.75, 3.05) is 0 Å². The van der Waals surface area contributed by atoms with Crippen molar-refractivity contribution in [2.45, 2.75) is 39.5 Å². The number of hydrogen-bond acceptors (Lipinski definition) is 5. The first-order valence-electron chi connectivity index (χ1n) is 9.28. The molecule has 0 amide bonds. The van der Waals surface area contributed by atoms with Crippen molar-refractivity contribution in [1.82, 2.24) is 14.8 Å². The van der Waals surface area contributed by atoms with Crippen LogP contribution in [0.25, 0.3) is 5.82 Å². The van der Waals surface area contributed by atoms with Crippen LogP contribution in [0, 0.1) is 0 Å². The van der Waals surface area contributed by atoms with Gasteiger partial charge in [-0.05, 0) is 30.7 Å². The average Bonchev–Trinajstić information content (AvgIpc) is 3.09. The number of carbonyl (C=O) groups excluding carboxylic acids is 1. The maximum atomic E-state index is 12.7. The summed E-state index contributed by atoms with van der Waals surface area (Å²) in [7, 11) is 0. The van der Waals surface area contributed by atoms with Gasteiger partial charge in [0, 0.05) is 30.9 Å². The van der Waals surface area contributed by atoms with Crippen LogP contribution >= 0.6 is 0 Å². The molecule has 0 radical (unpaired) electrons. The molecule has 0 N–H and O–H groups in total. The molecule has 30 heavy (non-hydrogen) atoms. The van der Waals surface area contributed by atoms with Gasteiger partial charge in [-0.15, -0.1) is 0 Å². The number of alkyl halides is 3. The fourth-order valence-corrected chi connectivity index (χ4v) is 2.77. The third kappa shape index (κ3) is 5.37. The van der Waals surface area contributed by atoms with Crippen molar-refractivity contribution in [2.24, 2.45) is 0 Å². The lowest BCUT2D eigenvalue weighted by atomic mass is 10.2. The second kappa shape index (κ2) is 8.98. The molecule has 2 aromatic heterocycles. The predicted molar refractivity (Wildman–Crippen MR) is 102 cm³/mol. The topological polar surface area (TPSA) is 66.2 Å². The molecular weight excluding hydrogens is 399 g/mol. The molecule has 0 fully saturated rings. The Morgan fingerprint density at radius 1 is 1.17 bits per heavy atom. The molecule has 2 heterocycles. The van der Waals surface area contributed by atoms with Gasteiger partial charge in [0.1, 0.15) is 18.1 Å². The molecular formula is C21H20F3N3O3. The van der Waals surface area contributed by atoms with Crippen molar-refractivity contribution in [3.8, 4) is 17.3 Å². The number of aromatic nitrogens is 3. The van der Waals surface area contributed by atoms with E-state index in [2.05, 4.69) is 10.1 Å². The van der Waals surface area contributed by atoms with E-state index in [9.17, 15) is 18.0 Å². The van der Waals surface area contributed by atoms with E-state index in [0.29, 0.717) is 17.9 Å². The van der Waals surface area contributed by atoms with Gasteiger partial charge in [-0.25, -0.2) is 9.67 Å². The van der Waals surface area contributed by atoms with Crippen molar-refractivity contribution in [3.63, 3.8) is 0 Å². The Labute approximate surface area is 171 Å². The van der Waals surface area contributed by atoms with Crippen LogP contribution < -0.4 is 9.47 Å². The average molecular weight is 419 g/mol. The Hall–Kier alpha value is -3.36. The second-order valence-electron chi connectivity index (χ2n) is 6.56. The van der Waals surface area contributed by atoms with Gasteiger partial charge < -0.3 is 9.47 Å². The van der Waals surface area contributed by atoms with Crippen LogP contribution in [-0.2, 0) is 24.0 Å². The Morgan fingerprint density at radius 3 is 2.57 bits per heavy atom. The van der Waals surface area contributed by atoms with Crippen molar-refractivity contribution < 1.29 is 27.4 Å². The van der Waals surface area contributed by atoms with Gasteiger partial charge in [-0.1, -0.05) is 19.4 Å². The van der Waals surface area contributed by atoms with Crippen molar-refractivity contribution in [3.05, 3.63) is 65.6 Å². The minimum Gasteiger partial charge on any atom is -0.489 e. The van der Waals surface area contributed by atoms with Crippen LogP contribution in [-0.4, -0.2) is 20.7 Å². The maximum absolute atomic E-state index is 12.7. The number of nitrogens with zero attached hydrogens (tertiary/aromatic N) is 3. The van der Waals surface area contributed by atoms with Gasteiger partial charge in [0.05, 0.1) is 11.3 Å². The highest BCUT2D eigenvalue weighted by atomic mass is 19.4. The quantitative estimate of drug-likeness (QED) is 0.409. The summed E-state index contributed by atoms with van der Waals surface area (Å²) in [5, 5.41) is 4.45. The fourth-order valence-electron chi connectivity index (χ4n) is 2.77. The molecule has 0 aliphatic rings. The summed E-state index contributed by atoms with van der Waals surface area (Å²) in [5.74, 6) is 0.737. The largest absolute Gasteiger partial charge is 0.489 e. The Morgan fingerprint density at radius 2 is 1.93 bits per heavy atom. The van der Waals surface area contributed by atoms with Crippen LogP contribution in [0.15, 0.2) is 48.8 Å². The van der Waals surface area contributed by atoms with Crippen molar-refractivity contribution in [1.29, 1.82) is 0 Å². The summed E-state index contributed by atoms with van der Waals surface area (Å²) in [6, 6.07) is 8.93. The van der Waals surface area contributed by atoms with Crippen LogP contribution in [0.1, 0.15) is 37.1 Å². The van der Waals surface area contributed by atoms with E-state index in [1.54, 1.807) is 30.5 Å². The number of benzene rings is 1. The van der Waals surface area contributed by atoms with Gasteiger partial charge in [-0.3, -0.25) is 4.79 Å². The SMILES string of the molecule is CCCc1nn(-c2ccc(C(F)(F)F)cn2)cc1COc1cccc(OC(C)=O)c1. The lowest BCUT2D eigenvalue weighted by Crippen LogP contribution is -2.07. The first-order valence-corrected chi connectivity index (χ1v) is 9.28. The van der Waals surface area contributed by atoms with E-state index in [-0.39, 0.29) is 12.4 Å². The molecule has 0 aliphatic heterocycles. The molecule has 0 spiro atoms. The monoisotopic (exact) mass is 419 g/mol. The maximum Gasteiger partial charge on any atom is 0.417 e. The number of ether oxygens (including phenoxy) is 2. The molecule has 158 valence electrons. The molecule has 1 aromatic carbocycles. The number of carbonyl (C=O) groups is 1. The molecule has 3 aromatic rings. The third-order valence-electron chi connectivity index (χ3n) is 4.14. The zero-order valence-corrected chi connectivity index (χ0v) is 16.4. The van der Waals surface area contributed by atoms with Crippen molar-refractivity contribution >= 4 is 5.97 Å². The van der Waals surface area contributed by atoms with E-state index in [1.807, 2.05) is 6.92 Å². The van der Waals surface area contributed by atoms with Gasteiger partial charge in [0.2, 0.25) is 0 Å². The standard InChI is InChI=1S/C21H20F3N3O3/c1-3-5-19-15(13-29-17-6-4-7-18(10-17)30-14(2)28)12-27(26-19)20-9-8-16(11-25-20)21(22,23)24/h4,6-12H,3,5,13H2,1-2H3. The summed E-state index contributed by atoms with van der Waals surface area (Å²) >= 11 is 0. The van der Waals surface area contributed by atoms with Gasteiger partial charge >= 0.3 is 12.1 Å². The van der Waals surface area contributed by atoms with Crippen LogP contribution in [0.3, 0.4) is 0 Å². The van der Waals surface area contributed by atoms with E-state index in [1.165, 1.54) is 17.7 Å². The zero-order chi connectivity index (χ0) is 21.7. The summed E-state index contributed by atoms with van der Waals surface area (Å²) in [5.41, 5.74) is 0.746. The Kier molecular flexibility index (Phi) is 6.39. The number of rotatable bonds is 7. The predicted octanol–water partition coefficient (Wildman–Crippen LogP) is 4.74. The molecule has 0 saturated carbocycles. The highest BCUT2D eigenvalue weighted by molar-refractivity contribution is 5.69. The first kappa shape index (κ1) is 21.4. The lowest BCUT2D eigenvalue weighted by molar-refractivity contribution is -0.138. The van der Waals surface area contributed by atoms with E-state index < -0.39 is 17.7 Å². The minimum absolute atomic E-state index is 0.194. The van der Waals surface area contributed by atoms with Crippen LogP contribution in [0.5, 0.6) is 11.5 Å². The minimum atomic E-state index is -4.44. The van der Waals surface area contributed by atoms with E-state index >= 15 is 0 Å². The lowest BCUT2D eigenvalue weighted by Gasteiger charge is -2.08. The number of esters is 1. The molecule has 9 heteroatoms. The van der Waals surface area contributed by atoms with Gasteiger partial charge in [0.25, 0.3) is 0 Å². The van der Waals surface area contributed by atoms with Gasteiger partial charge in [0.15, 0.2) is 5.82 Å². The third-order valence-corrected chi connectivity index (χ3v) is 4.14. The summed E-state index contributed by atoms with van der Waals surface area (Å²) in [6.07, 6.45) is -0.446. The Balaban J connectivity index is 1.78. The van der Waals surface area contributed by atoms with E-state index in [4.69, 9.17) is 9.47 Å². The molecule has 0 aliphatic carbocycles. The van der Waals surface area contributed by atoms with Crippen LogP contribution in [0.2, 0.25) is 0 Å². The molecule has 0 unspecified atom stereocenters. The second-order valence-corrected chi connectivity index (χ2v) is 6.56. The Bertz CT molecular complexity index is 1010. The molecule has 6 nitrogen and oxygen atoms in total. The number of pyridine rings is 1. The molecule has 3 rings (SSSR count).